The second kappa shape index (κ2) is 9.13. The second-order valence-corrected chi connectivity index (χ2v) is 8.26. The summed E-state index contributed by atoms with van der Waals surface area (Å²) >= 11 is 1.44. The van der Waals surface area contributed by atoms with Crippen LogP contribution in [0.25, 0.3) is 10.6 Å². The van der Waals surface area contributed by atoms with Gasteiger partial charge in [-0.05, 0) is 38.9 Å². The lowest BCUT2D eigenvalue weighted by Crippen LogP contribution is -2.27. The molecule has 0 aliphatic rings. The molecule has 0 spiro atoms. The molecule has 4 nitrogen and oxygen atoms in total. The van der Waals surface area contributed by atoms with Gasteiger partial charge in [0.2, 0.25) is 0 Å². The van der Waals surface area contributed by atoms with E-state index in [1.807, 2.05) is 49.4 Å². The summed E-state index contributed by atoms with van der Waals surface area (Å²) in [6.45, 7) is 7.63. The van der Waals surface area contributed by atoms with Gasteiger partial charge in [0.25, 0.3) is 5.91 Å². The Hall–Kier alpha value is -2.50. The van der Waals surface area contributed by atoms with Crippen LogP contribution in [0, 0.1) is 6.92 Å². The van der Waals surface area contributed by atoms with Crippen LogP contribution >= 0.6 is 11.3 Å². The van der Waals surface area contributed by atoms with Gasteiger partial charge in [0.05, 0.1) is 5.69 Å². The largest absolute Gasteiger partial charge is 0.347 e. The van der Waals surface area contributed by atoms with Crippen molar-refractivity contribution in [3.8, 4) is 10.6 Å². The van der Waals surface area contributed by atoms with Crippen LogP contribution in [-0.2, 0) is 13.1 Å². The number of aromatic nitrogens is 1. The molecule has 1 aromatic heterocycles. The molecular formula is C23H27N3OS. The van der Waals surface area contributed by atoms with Crippen molar-refractivity contribution in [3.05, 3.63) is 76.3 Å². The summed E-state index contributed by atoms with van der Waals surface area (Å²) in [5, 5.41) is 3.95. The first-order valence-electron chi connectivity index (χ1n) is 9.53. The zero-order valence-corrected chi connectivity index (χ0v) is 17.7. The zero-order valence-electron chi connectivity index (χ0n) is 16.9. The van der Waals surface area contributed by atoms with Crippen LogP contribution in [0.4, 0.5) is 0 Å². The minimum atomic E-state index is -0.0656. The fourth-order valence-electron chi connectivity index (χ4n) is 2.90. The molecule has 0 aliphatic heterocycles. The van der Waals surface area contributed by atoms with Gasteiger partial charge in [-0.25, -0.2) is 4.98 Å². The summed E-state index contributed by atoms with van der Waals surface area (Å²) < 4.78 is 0. The molecule has 28 heavy (non-hydrogen) atoms. The molecule has 0 bridgehead atoms. The van der Waals surface area contributed by atoms with Crippen molar-refractivity contribution in [2.45, 2.75) is 39.9 Å². The molecule has 1 N–H and O–H groups in total. The van der Waals surface area contributed by atoms with E-state index in [2.05, 4.69) is 48.2 Å². The summed E-state index contributed by atoms with van der Waals surface area (Å²) in [6, 6.07) is 18.7. The molecule has 0 saturated heterocycles. The molecule has 0 atom stereocenters. The van der Waals surface area contributed by atoms with Gasteiger partial charge in [-0.1, -0.05) is 54.6 Å². The predicted molar refractivity (Wildman–Crippen MR) is 117 cm³/mol. The monoisotopic (exact) mass is 393 g/mol. The van der Waals surface area contributed by atoms with Crippen molar-refractivity contribution in [1.82, 2.24) is 15.2 Å². The summed E-state index contributed by atoms with van der Waals surface area (Å²) in [6.07, 6.45) is 0. The lowest BCUT2D eigenvalue weighted by molar-refractivity contribution is 0.0954. The predicted octanol–water partition coefficient (Wildman–Crippen LogP) is 4.89. The van der Waals surface area contributed by atoms with Crippen LogP contribution in [0.5, 0.6) is 0 Å². The Balaban J connectivity index is 1.71. The summed E-state index contributed by atoms with van der Waals surface area (Å²) in [5.74, 6) is -0.0656. The Kier molecular flexibility index (Phi) is 6.60. The maximum Gasteiger partial charge on any atom is 0.263 e. The third-order valence-corrected chi connectivity index (χ3v) is 6.09. The Morgan fingerprint density at radius 3 is 2.39 bits per heavy atom. The number of hydrogen-bond donors (Lipinski definition) is 1. The van der Waals surface area contributed by atoms with Gasteiger partial charge in [0.15, 0.2) is 0 Å². The van der Waals surface area contributed by atoms with Crippen molar-refractivity contribution in [3.63, 3.8) is 0 Å². The lowest BCUT2D eigenvalue weighted by Gasteiger charge is -2.22. The highest BCUT2D eigenvalue weighted by atomic mass is 32.1. The van der Waals surface area contributed by atoms with E-state index < -0.39 is 0 Å². The van der Waals surface area contributed by atoms with Crippen LogP contribution in [0.3, 0.4) is 0 Å². The smallest absolute Gasteiger partial charge is 0.263 e. The van der Waals surface area contributed by atoms with E-state index in [1.54, 1.807) is 0 Å². The highest BCUT2D eigenvalue weighted by Gasteiger charge is 2.16. The number of carbonyl (C=O) groups is 1. The van der Waals surface area contributed by atoms with Crippen LogP contribution in [0.15, 0.2) is 54.6 Å². The number of nitrogens with zero attached hydrogens (tertiary/aromatic N) is 2. The van der Waals surface area contributed by atoms with Crippen molar-refractivity contribution < 1.29 is 4.79 Å². The van der Waals surface area contributed by atoms with Gasteiger partial charge in [0.1, 0.15) is 9.88 Å². The standard InChI is InChI=1S/C23H27N3OS/c1-16(2)26(4)15-20-13-9-8-12-19(20)14-24-22(27)21-17(3)25-23(28-21)18-10-6-5-7-11-18/h5-13,16H,14-15H2,1-4H3,(H,24,27). The number of thiazole rings is 1. The van der Waals surface area contributed by atoms with Crippen molar-refractivity contribution in [2.24, 2.45) is 0 Å². The average Bonchev–Trinajstić information content (AvgIpc) is 3.09. The quantitative estimate of drug-likeness (QED) is 0.622. The van der Waals surface area contributed by atoms with Gasteiger partial charge in [-0.15, -0.1) is 11.3 Å². The van der Waals surface area contributed by atoms with Crippen molar-refractivity contribution >= 4 is 17.2 Å². The maximum absolute atomic E-state index is 12.8. The van der Waals surface area contributed by atoms with Crippen LogP contribution < -0.4 is 5.32 Å². The molecule has 1 amide bonds. The first-order valence-corrected chi connectivity index (χ1v) is 10.4. The Morgan fingerprint density at radius 1 is 1.07 bits per heavy atom. The Bertz CT molecular complexity index is 934. The topological polar surface area (TPSA) is 45.2 Å². The normalized spacial score (nSPS) is 11.2. The average molecular weight is 394 g/mol. The van der Waals surface area contributed by atoms with E-state index in [1.165, 1.54) is 16.9 Å². The number of aryl methyl sites for hydroxylation is 1. The molecule has 3 aromatic rings. The number of benzene rings is 2. The van der Waals surface area contributed by atoms with Crippen LogP contribution in [0.2, 0.25) is 0 Å². The van der Waals surface area contributed by atoms with E-state index >= 15 is 0 Å². The van der Waals surface area contributed by atoms with E-state index in [9.17, 15) is 4.79 Å². The fourth-order valence-corrected chi connectivity index (χ4v) is 3.89. The van der Waals surface area contributed by atoms with Gasteiger partial charge in [-0.2, -0.15) is 0 Å². The third kappa shape index (κ3) is 4.86. The van der Waals surface area contributed by atoms with E-state index in [4.69, 9.17) is 0 Å². The molecule has 5 heteroatoms. The minimum Gasteiger partial charge on any atom is -0.347 e. The van der Waals surface area contributed by atoms with Crippen LogP contribution in [0.1, 0.15) is 40.3 Å². The van der Waals surface area contributed by atoms with Gasteiger partial charge in [0, 0.05) is 24.7 Å². The van der Waals surface area contributed by atoms with Crippen molar-refractivity contribution in [1.29, 1.82) is 0 Å². The van der Waals surface area contributed by atoms with Crippen molar-refractivity contribution in [2.75, 3.05) is 7.05 Å². The molecule has 1 heterocycles. The van der Waals surface area contributed by atoms with Gasteiger partial charge >= 0.3 is 0 Å². The number of hydrogen-bond acceptors (Lipinski definition) is 4. The highest BCUT2D eigenvalue weighted by molar-refractivity contribution is 7.17. The Labute approximate surface area is 171 Å². The number of carbonyl (C=O) groups excluding carboxylic acids is 1. The first kappa shape index (κ1) is 20.2. The van der Waals surface area contributed by atoms with E-state index in [0.717, 1.165) is 28.4 Å². The first-order chi connectivity index (χ1) is 13.5. The number of amides is 1. The van der Waals surface area contributed by atoms with E-state index in [-0.39, 0.29) is 5.91 Å². The number of nitrogens with one attached hydrogen (secondary N) is 1. The minimum absolute atomic E-state index is 0.0656. The second-order valence-electron chi connectivity index (χ2n) is 7.26. The zero-order chi connectivity index (χ0) is 20.1. The molecule has 0 unspecified atom stereocenters. The number of rotatable bonds is 7. The van der Waals surface area contributed by atoms with Gasteiger partial charge < -0.3 is 5.32 Å². The maximum atomic E-state index is 12.8. The van der Waals surface area contributed by atoms with E-state index in [0.29, 0.717) is 17.5 Å². The highest BCUT2D eigenvalue weighted by Crippen LogP contribution is 2.27. The molecule has 0 aliphatic carbocycles. The molecule has 2 aromatic carbocycles. The summed E-state index contributed by atoms with van der Waals surface area (Å²) in [5.41, 5.74) is 4.20. The molecule has 0 saturated carbocycles. The Morgan fingerprint density at radius 2 is 1.71 bits per heavy atom. The molecule has 0 fully saturated rings. The SMILES string of the molecule is Cc1nc(-c2ccccc2)sc1C(=O)NCc1ccccc1CN(C)C(C)C. The lowest BCUT2D eigenvalue weighted by atomic mass is 10.1. The molecule has 146 valence electrons. The molecule has 3 rings (SSSR count). The van der Waals surface area contributed by atoms with Crippen LogP contribution in [-0.4, -0.2) is 28.9 Å². The summed E-state index contributed by atoms with van der Waals surface area (Å²) in [4.78, 5) is 20.3. The molecule has 0 radical (unpaired) electrons. The fraction of sp³-hybridized carbons (Fsp3) is 0.304. The van der Waals surface area contributed by atoms with Gasteiger partial charge in [-0.3, -0.25) is 9.69 Å². The third-order valence-electron chi connectivity index (χ3n) is 4.88. The molecular weight excluding hydrogens is 366 g/mol. The summed E-state index contributed by atoms with van der Waals surface area (Å²) in [7, 11) is 2.12.